The molecule has 1 saturated heterocycles. The molecule has 1 aromatic heterocycles. The van der Waals surface area contributed by atoms with Crippen molar-refractivity contribution in [1.29, 1.82) is 0 Å². The molecule has 2 fully saturated rings. The standard InChI is InChI=1S/C22H36N6O2/c1-3-26(13-14-30-2)21-15-23-20-16-25(8-7-19(20)24-21)17-22(29)28-11-9-27(10-12-28)18-5-4-6-18/h15,18H,3-14,16-17H2,1-2H3. The van der Waals surface area contributed by atoms with Gasteiger partial charge in [-0.25, -0.2) is 4.98 Å². The Morgan fingerprint density at radius 1 is 1.20 bits per heavy atom. The highest BCUT2D eigenvalue weighted by Gasteiger charge is 2.30. The molecule has 2 aliphatic heterocycles. The molecule has 0 unspecified atom stereocenters. The molecule has 30 heavy (non-hydrogen) atoms. The van der Waals surface area contributed by atoms with Crippen molar-refractivity contribution in [3.05, 3.63) is 17.6 Å². The molecular formula is C22H36N6O2. The van der Waals surface area contributed by atoms with Gasteiger partial charge >= 0.3 is 0 Å². The molecule has 0 radical (unpaired) electrons. The van der Waals surface area contributed by atoms with E-state index in [0.717, 1.165) is 75.5 Å². The first kappa shape index (κ1) is 21.5. The molecular weight excluding hydrogens is 380 g/mol. The number of anilines is 1. The maximum atomic E-state index is 12.8. The van der Waals surface area contributed by atoms with Crippen molar-refractivity contribution in [3.8, 4) is 0 Å². The summed E-state index contributed by atoms with van der Waals surface area (Å²) in [5.74, 6) is 1.18. The van der Waals surface area contributed by atoms with Crippen LogP contribution >= 0.6 is 0 Å². The van der Waals surface area contributed by atoms with E-state index in [2.05, 4.69) is 21.6 Å². The zero-order chi connectivity index (χ0) is 20.9. The number of hydrogen-bond donors (Lipinski definition) is 0. The lowest BCUT2D eigenvalue weighted by molar-refractivity contribution is -0.135. The van der Waals surface area contributed by atoms with Crippen LogP contribution in [0.5, 0.6) is 0 Å². The Kier molecular flexibility index (Phi) is 7.17. The number of ether oxygens (including phenoxy) is 1. The second-order valence-corrected chi connectivity index (χ2v) is 8.66. The molecule has 1 aromatic rings. The van der Waals surface area contributed by atoms with Crippen molar-refractivity contribution in [2.45, 2.75) is 45.2 Å². The smallest absolute Gasteiger partial charge is 0.236 e. The van der Waals surface area contributed by atoms with E-state index in [1.807, 2.05) is 11.1 Å². The minimum atomic E-state index is 0.257. The largest absolute Gasteiger partial charge is 0.383 e. The molecule has 1 saturated carbocycles. The van der Waals surface area contributed by atoms with Crippen molar-refractivity contribution >= 4 is 11.7 Å². The number of aromatic nitrogens is 2. The molecule has 3 aliphatic rings. The Hall–Kier alpha value is -1.77. The Balaban J connectivity index is 1.28. The van der Waals surface area contributed by atoms with E-state index in [4.69, 9.17) is 14.7 Å². The van der Waals surface area contributed by atoms with Gasteiger partial charge in [-0.1, -0.05) is 6.42 Å². The van der Waals surface area contributed by atoms with Gasteiger partial charge in [0.05, 0.1) is 30.7 Å². The summed E-state index contributed by atoms with van der Waals surface area (Å²) in [6, 6.07) is 0.780. The van der Waals surface area contributed by atoms with Crippen LogP contribution in [-0.4, -0.2) is 103 Å². The lowest BCUT2D eigenvalue weighted by atomic mass is 9.91. The number of carbonyl (C=O) groups excluding carboxylic acids is 1. The normalized spacial score (nSPS) is 20.7. The van der Waals surface area contributed by atoms with Crippen LogP contribution in [0.3, 0.4) is 0 Å². The molecule has 0 aromatic carbocycles. The Morgan fingerprint density at radius 3 is 2.67 bits per heavy atom. The lowest BCUT2D eigenvalue weighted by Crippen LogP contribution is -2.55. The minimum Gasteiger partial charge on any atom is -0.383 e. The number of nitrogens with zero attached hydrogens (tertiary/aromatic N) is 6. The summed E-state index contributed by atoms with van der Waals surface area (Å²) in [6.07, 6.45) is 6.76. The van der Waals surface area contributed by atoms with Crippen LogP contribution in [0, 0.1) is 0 Å². The van der Waals surface area contributed by atoms with Crippen LogP contribution in [-0.2, 0) is 22.5 Å². The lowest BCUT2D eigenvalue weighted by Gasteiger charge is -2.43. The molecule has 8 nitrogen and oxygen atoms in total. The molecule has 8 heteroatoms. The quantitative estimate of drug-likeness (QED) is 0.626. The highest BCUT2D eigenvalue weighted by molar-refractivity contribution is 5.78. The maximum Gasteiger partial charge on any atom is 0.236 e. The molecule has 3 heterocycles. The molecule has 4 rings (SSSR count). The van der Waals surface area contributed by atoms with Gasteiger partial charge in [0.15, 0.2) is 0 Å². The monoisotopic (exact) mass is 416 g/mol. The van der Waals surface area contributed by atoms with Crippen molar-refractivity contribution in [1.82, 2.24) is 24.7 Å². The number of piperazine rings is 1. The molecule has 166 valence electrons. The third-order valence-corrected chi connectivity index (χ3v) is 6.84. The molecule has 0 spiro atoms. The number of likely N-dealkylation sites (N-methyl/N-ethyl adjacent to an activating group) is 1. The highest BCUT2D eigenvalue weighted by Crippen LogP contribution is 2.25. The highest BCUT2D eigenvalue weighted by atomic mass is 16.5. The summed E-state index contributed by atoms with van der Waals surface area (Å²) in [7, 11) is 1.72. The van der Waals surface area contributed by atoms with Gasteiger partial charge in [0, 0.05) is 71.9 Å². The van der Waals surface area contributed by atoms with Crippen molar-refractivity contribution < 1.29 is 9.53 Å². The van der Waals surface area contributed by atoms with Gasteiger partial charge in [0.25, 0.3) is 0 Å². The summed E-state index contributed by atoms with van der Waals surface area (Å²) in [5, 5.41) is 0. The third kappa shape index (κ3) is 4.92. The molecule has 0 N–H and O–H groups in total. The Labute approximate surface area is 180 Å². The zero-order valence-electron chi connectivity index (χ0n) is 18.6. The number of methoxy groups -OCH3 is 1. The first-order chi connectivity index (χ1) is 14.7. The number of carbonyl (C=O) groups is 1. The molecule has 0 bridgehead atoms. The fraction of sp³-hybridized carbons (Fsp3) is 0.773. The van der Waals surface area contributed by atoms with E-state index in [0.29, 0.717) is 19.7 Å². The average molecular weight is 417 g/mol. The van der Waals surface area contributed by atoms with Gasteiger partial charge < -0.3 is 14.5 Å². The van der Waals surface area contributed by atoms with Crippen LogP contribution in [0.1, 0.15) is 37.6 Å². The minimum absolute atomic E-state index is 0.257. The Morgan fingerprint density at radius 2 is 2.00 bits per heavy atom. The van der Waals surface area contributed by atoms with Gasteiger partial charge in [-0.3, -0.25) is 19.6 Å². The van der Waals surface area contributed by atoms with E-state index in [-0.39, 0.29) is 5.91 Å². The Bertz CT molecular complexity index is 718. The predicted molar refractivity (Wildman–Crippen MR) is 117 cm³/mol. The number of fused-ring (bicyclic) bond motifs is 1. The van der Waals surface area contributed by atoms with Crippen LogP contribution in [0.4, 0.5) is 5.82 Å². The summed E-state index contributed by atoms with van der Waals surface area (Å²) < 4.78 is 5.20. The summed E-state index contributed by atoms with van der Waals surface area (Å²) in [6.45, 7) is 10.4. The number of rotatable bonds is 8. The molecule has 1 amide bonds. The summed E-state index contributed by atoms with van der Waals surface area (Å²) in [4.78, 5) is 31.4. The van der Waals surface area contributed by atoms with E-state index in [1.165, 1.54) is 19.3 Å². The summed E-state index contributed by atoms with van der Waals surface area (Å²) in [5.41, 5.74) is 2.08. The second kappa shape index (κ2) is 10.0. The average Bonchev–Trinajstić information content (AvgIpc) is 2.73. The number of hydrogen-bond acceptors (Lipinski definition) is 7. The van der Waals surface area contributed by atoms with Crippen LogP contribution in [0.25, 0.3) is 0 Å². The molecule has 1 aliphatic carbocycles. The topological polar surface area (TPSA) is 65.0 Å². The second-order valence-electron chi connectivity index (χ2n) is 8.66. The third-order valence-electron chi connectivity index (χ3n) is 6.84. The van der Waals surface area contributed by atoms with E-state index < -0.39 is 0 Å². The first-order valence-electron chi connectivity index (χ1n) is 11.5. The SMILES string of the molecule is CCN(CCOC)c1cnc2c(n1)CCN(CC(=O)N1CCN(C3CCC3)CC1)C2. The molecule has 0 atom stereocenters. The fourth-order valence-electron chi connectivity index (χ4n) is 4.63. The van der Waals surface area contributed by atoms with Crippen molar-refractivity contribution in [2.24, 2.45) is 0 Å². The van der Waals surface area contributed by atoms with Crippen LogP contribution in [0.15, 0.2) is 6.20 Å². The van der Waals surface area contributed by atoms with E-state index >= 15 is 0 Å². The van der Waals surface area contributed by atoms with Crippen LogP contribution in [0.2, 0.25) is 0 Å². The van der Waals surface area contributed by atoms with E-state index in [1.54, 1.807) is 7.11 Å². The van der Waals surface area contributed by atoms with Gasteiger partial charge in [0.2, 0.25) is 5.91 Å². The van der Waals surface area contributed by atoms with Gasteiger partial charge in [-0.05, 0) is 19.8 Å². The maximum absolute atomic E-state index is 12.8. The van der Waals surface area contributed by atoms with Gasteiger partial charge in [-0.15, -0.1) is 0 Å². The van der Waals surface area contributed by atoms with Crippen LogP contribution < -0.4 is 4.90 Å². The predicted octanol–water partition coefficient (Wildman–Crippen LogP) is 1.00. The first-order valence-corrected chi connectivity index (χ1v) is 11.5. The zero-order valence-corrected chi connectivity index (χ0v) is 18.6. The van der Waals surface area contributed by atoms with Gasteiger partial charge in [-0.2, -0.15) is 0 Å². The van der Waals surface area contributed by atoms with Crippen molar-refractivity contribution in [3.63, 3.8) is 0 Å². The van der Waals surface area contributed by atoms with Gasteiger partial charge in [0.1, 0.15) is 5.82 Å². The van der Waals surface area contributed by atoms with Crippen molar-refractivity contribution in [2.75, 3.05) is 71.0 Å². The van der Waals surface area contributed by atoms with E-state index in [9.17, 15) is 4.79 Å². The summed E-state index contributed by atoms with van der Waals surface area (Å²) >= 11 is 0. The fourth-order valence-corrected chi connectivity index (χ4v) is 4.63. The number of amides is 1.